The summed E-state index contributed by atoms with van der Waals surface area (Å²) in [6, 6.07) is 14.7. The van der Waals surface area contributed by atoms with Gasteiger partial charge in [-0.25, -0.2) is 4.21 Å². The standard InChI is InChI=1S/C14H12Cl2N2OS/c15-11-1-5-13(6-2-11)17-9-10-18(20(17)19)14-7-3-12(16)4-8-14/h1-8H,9-10H2. The van der Waals surface area contributed by atoms with Gasteiger partial charge in [0.1, 0.15) is 0 Å². The molecule has 0 aromatic heterocycles. The van der Waals surface area contributed by atoms with Crippen molar-refractivity contribution in [3.8, 4) is 0 Å². The van der Waals surface area contributed by atoms with Crippen LogP contribution in [0.3, 0.4) is 0 Å². The average Bonchev–Trinajstić information content (AvgIpc) is 2.83. The number of rotatable bonds is 2. The van der Waals surface area contributed by atoms with Gasteiger partial charge in [0.2, 0.25) is 11.2 Å². The van der Waals surface area contributed by atoms with Crippen molar-refractivity contribution in [2.75, 3.05) is 21.7 Å². The molecule has 1 aliphatic rings. The number of benzene rings is 2. The SMILES string of the molecule is O=S1N(c2ccc(Cl)cc2)CCN1c1ccc(Cl)cc1. The molecule has 2 aromatic carbocycles. The monoisotopic (exact) mass is 326 g/mol. The summed E-state index contributed by atoms with van der Waals surface area (Å²) in [5, 5.41) is 1.35. The summed E-state index contributed by atoms with van der Waals surface area (Å²) < 4.78 is 16.3. The highest BCUT2D eigenvalue weighted by Crippen LogP contribution is 2.28. The molecule has 3 nitrogen and oxygen atoms in total. The molecule has 3 rings (SSSR count). The molecule has 6 heteroatoms. The lowest BCUT2D eigenvalue weighted by atomic mass is 10.3. The van der Waals surface area contributed by atoms with Crippen LogP contribution in [0.5, 0.6) is 0 Å². The molecule has 1 fully saturated rings. The lowest BCUT2D eigenvalue weighted by Gasteiger charge is -2.19. The first-order valence-corrected chi connectivity index (χ1v) is 7.95. The maximum Gasteiger partial charge on any atom is 0.225 e. The van der Waals surface area contributed by atoms with Crippen molar-refractivity contribution >= 4 is 45.7 Å². The number of hydrogen-bond acceptors (Lipinski definition) is 1. The highest BCUT2D eigenvalue weighted by atomic mass is 35.5. The number of hydrogen-bond donors (Lipinski definition) is 0. The minimum Gasteiger partial charge on any atom is -0.273 e. The van der Waals surface area contributed by atoms with E-state index in [4.69, 9.17) is 23.2 Å². The molecule has 0 N–H and O–H groups in total. The molecule has 0 bridgehead atoms. The van der Waals surface area contributed by atoms with Crippen molar-refractivity contribution < 1.29 is 4.21 Å². The number of anilines is 2. The Morgan fingerprint density at radius 2 is 1.10 bits per heavy atom. The molecular formula is C14H12Cl2N2OS. The summed E-state index contributed by atoms with van der Waals surface area (Å²) in [7, 11) is 0. The fraction of sp³-hybridized carbons (Fsp3) is 0.143. The van der Waals surface area contributed by atoms with Crippen molar-refractivity contribution in [3.63, 3.8) is 0 Å². The third kappa shape index (κ3) is 2.64. The van der Waals surface area contributed by atoms with Crippen LogP contribution >= 0.6 is 23.2 Å². The minimum atomic E-state index is -1.23. The van der Waals surface area contributed by atoms with E-state index < -0.39 is 11.2 Å². The Labute approximate surface area is 130 Å². The van der Waals surface area contributed by atoms with E-state index >= 15 is 0 Å². The lowest BCUT2D eigenvalue weighted by molar-refractivity contribution is 0.683. The van der Waals surface area contributed by atoms with Gasteiger partial charge < -0.3 is 0 Å². The molecule has 1 saturated heterocycles. The zero-order valence-electron chi connectivity index (χ0n) is 10.5. The van der Waals surface area contributed by atoms with Crippen LogP contribution in [0, 0.1) is 0 Å². The van der Waals surface area contributed by atoms with Gasteiger partial charge in [-0.3, -0.25) is 8.61 Å². The second kappa shape index (κ2) is 5.64. The van der Waals surface area contributed by atoms with Gasteiger partial charge >= 0.3 is 0 Å². The van der Waals surface area contributed by atoms with Gasteiger partial charge in [0.15, 0.2) is 0 Å². The number of halogens is 2. The van der Waals surface area contributed by atoms with Crippen LogP contribution in [-0.4, -0.2) is 17.3 Å². The Hall–Kier alpha value is -1.23. The van der Waals surface area contributed by atoms with Crippen LogP contribution in [0.2, 0.25) is 10.0 Å². The number of nitrogens with zero attached hydrogens (tertiary/aromatic N) is 2. The van der Waals surface area contributed by atoms with Gasteiger partial charge in [0, 0.05) is 10.0 Å². The summed E-state index contributed by atoms with van der Waals surface area (Å²) in [5.41, 5.74) is 1.81. The Morgan fingerprint density at radius 3 is 1.45 bits per heavy atom. The lowest BCUT2D eigenvalue weighted by Crippen LogP contribution is -2.26. The average molecular weight is 327 g/mol. The van der Waals surface area contributed by atoms with Gasteiger partial charge in [0.25, 0.3) is 0 Å². The van der Waals surface area contributed by atoms with Gasteiger partial charge in [-0.05, 0) is 48.5 Å². The summed E-state index contributed by atoms with van der Waals surface area (Å²) in [6.07, 6.45) is 0. The highest BCUT2D eigenvalue weighted by molar-refractivity contribution is 7.88. The van der Waals surface area contributed by atoms with Crippen LogP contribution in [-0.2, 0) is 11.2 Å². The predicted molar refractivity (Wildman–Crippen MR) is 85.7 cm³/mol. The maximum absolute atomic E-state index is 12.6. The molecule has 0 aliphatic carbocycles. The summed E-state index contributed by atoms with van der Waals surface area (Å²) >= 11 is 10.5. The van der Waals surface area contributed by atoms with E-state index in [0.29, 0.717) is 23.1 Å². The first-order chi connectivity index (χ1) is 9.65. The third-order valence-electron chi connectivity index (χ3n) is 3.11. The smallest absolute Gasteiger partial charge is 0.225 e. The third-order valence-corrected chi connectivity index (χ3v) is 5.16. The van der Waals surface area contributed by atoms with E-state index in [9.17, 15) is 4.21 Å². The van der Waals surface area contributed by atoms with Crippen molar-refractivity contribution in [1.29, 1.82) is 0 Å². The maximum atomic E-state index is 12.6. The topological polar surface area (TPSA) is 23.6 Å². The molecule has 0 saturated carbocycles. The van der Waals surface area contributed by atoms with Gasteiger partial charge in [0.05, 0.1) is 24.5 Å². The molecule has 0 spiro atoms. The van der Waals surface area contributed by atoms with Crippen LogP contribution < -0.4 is 8.61 Å². The van der Waals surface area contributed by atoms with Crippen molar-refractivity contribution in [2.24, 2.45) is 0 Å². The van der Waals surface area contributed by atoms with Crippen LogP contribution in [0.1, 0.15) is 0 Å². The predicted octanol–water partition coefficient (Wildman–Crippen LogP) is 3.90. The van der Waals surface area contributed by atoms with Gasteiger partial charge in [-0.1, -0.05) is 23.2 Å². The van der Waals surface area contributed by atoms with Gasteiger partial charge in [-0.2, -0.15) is 0 Å². The first kappa shape index (κ1) is 13.7. The van der Waals surface area contributed by atoms with Crippen molar-refractivity contribution in [3.05, 3.63) is 58.6 Å². The first-order valence-electron chi connectivity index (χ1n) is 6.13. The van der Waals surface area contributed by atoms with E-state index in [1.54, 1.807) is 24.3 Å². The van der Waals surface area contributed by atoms with E-state index in [1.807, 2.05) is 32.9 Å². The van der Waals surface area contributed by atoms with Crippen molar-refractivity contribution in [1.82, 2.24) is 0 Å². The minimum absolute atomic E-state index is 0.674. The molecule has 0 radical (unpaired) electrons. The molecule has 1 heterocycles. The van der Waals surface area contributed by atoms with E-state index in [1.165, 1.54) is 0 Å². The van der Waals surface area contributed by atoms with Gasteiger partial charge in [-0.15, -0.1) is 0 Å². The fourth-order valence-electron chi connectivity index (χ4n) is 2.11. The summed E-state index contributed by atoms with van der Waals surface area (Å²) in [5.74, 6) is 0. The zero-order valence-corrected chi connectivity index (χ0v) is 12.8. The molecular weight excluding hydrogens is 315 g/mol. The molecule has 2 aromatic rings. The summed E-state index contributed by atoms with van der Waals surface area (Å²) in [6.45, 7) is 1.41. The molecule has 0 amide bonds. The Kier molecular flexibility index (Phi) is 3.87. The second-order valence-electron chi connectivity index (χ2n) is 4.39. The van der Waals surface area contributed by atoms with Crippen LogP contribution in [0.15, 0.2) is 48.5 Å². The largest absolute Gasteiger partial charge is 0.273 e. The van der Waals surface area contributed by atoms with Crippen LogP contribution in [0.4, 0.5) is 11.4 Å². The quantitative estimate of drug-likeness (QED) is 0.821. The molecule has 20 heavy (non-hydrogen) atoms. The molecule has 0 unspecified atom stereocenters. The molecule has 1 aliphatic heterocycles. The fourth-order valence-corrected chi connectivity index (χ4v) is 3.68. The van der Waals surface area contributed by atoms with Crippen LogP contribution in [0.25, 0.3) is 0 Å². The Bertz CT molecular complexity index is 575. The van der Waals surface area contributed by atoms with E-state index in [-0.39, 0.29) is 0 Å². The van der Waals surface area contributed by atoms with E-state index in [2.05, 4.69) is 0 Å². The van der Waals surface area contributed by atoms with E-state index in [0.717, 1.165) is 11.4 Å². The molecule has 104 valence electrons. The molecule has 0 atom stereocenters. The Balaban J connectivity index is 1.83. The Morgan fingerprint density at radius 1 is 0.750 bits per heavy atom. The zero-order chi connectivity index (χ0) is 14.1. The normalized spacial score (nSPS) is 15.9. The second-order valence-corrected chi connectivity index (χ2v) is 6.60. The highest BCUT2D eigenvalue weighted by Gasteiger charge is 2.29. The van der Waals surface area contributed by atoms with Crippen molar-refractivity contribution in [2.45, 2.75) is 0 Å². The summed E-state index contributed by atoms with van der Waals surface area (Å²) in [4.78, 5) is 0.